The number of carbonyl (C=O) groups excluding carboxylic acids is 2. The molecule has 3 aromatic carbocycles. The van der Waals surface area contributed by atoms with Crippen LogP contribution in [-0.2, 0) is 26.2 Å². The van der Waals surface area contributed by atoms with Gasteiger partial charge in [0.05, 0.1) is 10.6 Å². The number of benzene rings is 3. The lowest BCUT2D eigenvalue weighted by Crippen LogP contribution is -2.51. The van der Waals surface area contributed by atoms with Gasteiger partial charge in [-0.1, -0.05) is 48.9 Å². The van der Waals surface area contributed by atoms with Crippen molar-refractivity contribution >= 4 is 39.1 Å². The van der Waals surface area contributed by atoms with Crippen LogP contribution in [0, 0.1) is 5.82 Å². The molecule has 0 aromatic heterocycles. The van der Waals surface area contributed by atoms with Gasteiger partial charge < -0.3 is 10.2 Å². The van der Waals surface area contributed by atoms with Crippen molar-refractivity contribution in [1.82, 2.24) is 10.2 Å². The maximum atomic E-state index is 13.7. The van der Waals surface area contributed by atoms with Crippen LogP contribution in [0.15, 0.2) is 83.8 Å². The Morgan fingerprint density at radius 2 is 1.59 bits per heavy atom. The molecule has 0 heterocycles. The first-order valence-corrected chi connectivity index (χ1v) is 13.6. The van der Waals surface area contributed by atoms with Crippen molar-refractivity contribution in [2.45, 2.75) is 37.8 Å². The van der Waals surface area contributed by atoms with Gasteiger partial charge in [-0.05, 0) is 67.4 Å². The third-order valence-corrected chi connectivity index (χ3v) is 7.75. The van der Waals surface area contributed by atoms with Gasteiger partial charge in [0.2, 0.25) is 11.8 Å². The van der Waals surface area contributed by atoms with Crippen LogP contribution in [-0.4, -0.2) is 44.3 Å². The monoisotopic (exact) mass is 545 g/mol. The SMILES string of the molecule is CCCNC(=O)[C@@H](C)N(Cc1ccc(F)cc1)C(=O)CN(c1ccc(Cl)cc1)S(=O)(=O)c1ccccc1. The van der Waals surface area contributed by atoms with Crippen molar-refractivity contribution < 1.29 is 22.4 Å². The van der Waals surface area contributed by atoms with E-state index in [0.29, 0.717) is 23.6 Å². The molecule has 1 N–H and O–H groups in total. The molecule has 7 nitrogen and oxygen atoms in total. The first-order chi connectivity index (χ1) is 17.6. The average Bonchev–Trinajstić information content (AvgIpc) is 2.90. The minimum Gasteiger partial charge on any atom is -0.354 e. The Morgan fingerprint density at radius 3 is 2.19 bits per heavy atom. The molecule has 0 aliphatic carbocycles. The van der Waals surface area contributed by atoms with Gasteiger partial charge in [-0.25, -0.2) is 12.8 Å². The number of hydrogen-bond acceptors (Lipinski definition) is 4. The second-order valence-electron chi connectivity index (χ2n) is 8.42. The van der Waals surface area contributed by atoms with E-state index in [0.717, 1.165) is 4.31 Å². The standard InChI is InChI=1S/C27H29ClFN3O4S/c1-3-17-30-27(34)20(2)31(18-21-9-13-23(29)14-10-21)26(33)19-32(24-15-11-22(28)12-16-24)37(35,36)25-7-5-4-6-8-25/h4-16,20H,3,17-19H2,1-2H3,(H,30,34)/t20-/m1/s1. The number of nitrogens with zero attached hydrogens (tertiary/aromatic N) is 2. The second-order valence-corrected chi connectivity index (χ2v) is 10.7. The van der Waals surface area contributed by atoms with Crippen LogP contribution in [0.1, 0.15) is 25.8 Å². The summed E-state index contributed by atoms with van der Waals surface area (Å²) in [5.74, 6) is -1.41. The minimum absolute atomic E-state index is 0.0107. The quantitative estimate of drug-likeness (QED) is 0.381. The zero-order valence-corrected chi connectivity index (χ0v) is 22.2. The van der Waals surface area contributed by atoms with Gasteiger partial charge in [-0.3, -0.25) is 13.9 Å². The van der Waals surface area contributed by atoms with E-state index in [1.807, 2.05) is 6.92 Å². The molecule has 0 spiro atoms. The van der Waals surface area contributed by atoms with Gasteiger partial charge in [-0.2, -0.15) is 0 Å². The van der Waals surface area contributed by atoms with Crippen LogP contribution in [0.3, 0.4) is 0 Å². The number of halogens is 2. The minimum atomic E-state index is -4.14. The maximum absolute atomic E-state index is 13.7. The van der Waals surface area contributed by atoms with E-state index in [4.69, 9.17) is 11.6 Å². The molecule has 2 amide bonds. The zero-order valence-electron chi connectivity index (χ0n) is 20.6. The molecule has 0 saturated carbocycles. The molecule has 0 aliphatic heterocycles. The fourth-order valence-corrected chi connectivity index (χ4v) is 5.18. The summed E-state index contributed by atoms with van der Waals surface area (Å²) < 4.78 is 41.7. The molecule has 1 atom stereocenters. The lowest BCUT2D eigenvalue weighted by Gasteiger charge is -2.32. The number of amides is 2. The molecule has 3 rings (SSSR count). The Kier molecular flexibility index (Phi) is 9.66. The summed E-state index contributed by atoms with van der Waals surface area (Å²) in [5.41, 5.74) is 0.834. The topological polar surface area (TPSA) is 86.8 Å². The van der Waals surface area contributed by atoms with E-state index in [1.165, 1.54) is 65.6 Å². The summed E-state index contributed by atoms with van der Waals surface area (Å²) in [4.78, 5) is 27.8. The van der Waals surface area contributed by atoms with Crippen LogP contribution >= 0.6 is 11.6 Å². The second kappa shape index (κ2) is 12.7. The van der Waals surface area contributed by atoms with Crippen molar-refractivity contribution in [3.63, 3.8) is 0 Å². The van der Waals surface area contributed by atoms with Crippen molar-refractivity contribution in [3.8, 4) is 0 Å². The summed E-state index contributed by atoms with van der Waals surface area (Å²) in [6.07, 6.45) is 0.712. The van der Waals surface area contributed by atoms with Crippen LogP contribution in [0.2, 0.25) is 5.02 Å². The summed E-state index contributed by atoms with van der Waals surface area (Å²) >= 11 is 6.01. The Labute approximate surface area is 221 Å². The van der Waals surface area contributed by atoms with Crippen LogP contribution in [0.4, 0.5) is 10.1 Å². The van der Waals surface area contributed by atoms with Crippen LogP contribution < -0.4 is 9.62 Å². The highest BCUT2D eigenvalue weighted by Crippen LogP contribution is 2.26. The van der Waals surface area contributed by atoms with E-state index in [1.54, 1.807) is 25.1 Å². The highest BCUT2D eigenvalue weighted by molar-refractivity contribution is 7.92. The fraction of sp³-hybridized carbons (Fsp3) is 0.259. The van der Waals surface area contributed by atoms with Gasteiger partial charge in [0.15, 0.2) is 0 Å². The highest BCUT2D eigenvalue weighted by Gasteiger charge is 2.32. The summed E-state index contributed by atoms with van der Waals surface area (Å²) in [7, 11) is -4.14. The largest absolute Gasteiger partial charge is 0.354 e. The van der Waals surface area contributed by atoms with E-state index < -0.39 is 34.3 Å². The summed E-state index contributed by atoms with van der Waals surface area (Å²) in [6.45, 7) is 3.34. The van der Waals surface area contributed by atoms with E-state index in [2.05, 4.69) is 5.32 Å². The molecule has 196 valence electrons. The Balaban J connectivity index is 1.99. The molecular formula is C27H29ClFN3O4S. The zero-order chi connectivity index (χ0) is 27.0. The third-order valence-electron chi connectivity index (χ3n) is 5.71. The maximum Gasteiger partial charge on any atom is 0.264 e. The number of rotatable bonds is 11. The molecule has 0 fully saturated rings. The molecule has 0 saturated heterocycles. The first kappa shape index (κ1) is 28.1. The number of nitrogens with one attached hydrogen (secondary N) is 1. The van der Waals surface area contributed by atoms with E-state index in [-0.39, 0.29) is 23.0 Å². The Morgan fingerprint density at radius 1 is 0.973 bits per heavy atom. The van der Waals surface area contributed by atoms with Gasteiger partial charge in [-0.15, -0.1) is 0 Å². The Hall–Kier alpha value is -3.43. The molecule has 0 unspecified atom stereocenters. The average molecular weight is 546 g/mol. The molecule has 0 aliphatic rings. The van der Waals surface area contributed by atoms with Gasteiger partial charge >= 0.3 is 0 Å². The van der Waals surface area contributed by atoms with E-state index >= 15 is 0 Å². The molecular weight excluding hydrogens is 517 g/mol. The van der Waals surface area contributed by atoms with Gasteiger partial charge in [0.25, 0.3) is 10.0 Å². The highest BCUT2D eigenvalue weighted by atomic mass is 35.5. The smallest absolute Gasteiger partial charge is 0.264 e. The number of anilines is 1. The molecule has 3 aromatic rings. The fourth-order valence-electron chi connectivity index (χ4n) is 3.62. The third kappa shape index (κ3) is 7.30. The summed E-state index contributed by atoms with van der Waals surface area (Å²) in [5, 5.41) is 3.18. The lowest BCUT2D eigenvalue weighted by molar-refractivity contribution is -0.139. The van der Waals surface area contributed by atoms with Crippen molar-refractivity contribution in [2.24, 2.45) is 0 Å². The van der Waals surface area contributed by atoms with Crippen LogP contribution in [0.25, 0.3) is 0 Å². The lowest BCUT2D eigenvalue weighted by atomic mass is 10.1. The van der Waals surface area contributed by atoms with E-state index in [9.17, 15) is 22.4 Å². The number of carbonyl (C=O) groups is 2. The summed E-state index contributed by atoms with van der Waals surface area (Å²) in [6, 6.07) is 18.5. The predicted octanol–water partition coefficient (Wildman–Crippen LogP) is 4.62. The molecule has 0 radical (unpaired) electrons. The predicted molar refractivity (Wildman–Crippen MR) is 142 cm³/mol. The molecule has 37 heavy (non-hydrogen) atoms. The number of hydrogen-bond donors (Lipinski definition) is 1. The normalized spacial score (nSPS) is 12.0. The number of sulfonamides is 1. The van der Waals surface area contributed by atoms with Crippen molar-refractivity contribution in [3.05, 3.63) is 95.3 Å². The first-order valence-electron chi connectivity index (χ1n) is 11.8. The Bertz CT molecular complexity index is 1300. The van der Waals surface area contributed by atoms with Crippen LogP contribution in [0.5, 0.6) is 0 Å². The van der Waals surface area contributed by atoms with Crippen molar-refractivity contribution in [1.29, 1.82) is 0 Å². The van der Waals surface area contributed by atoms with Gasteiger partial charge in [0.1, 0.15) is 18.4 Å². The molecule has 10 heteroatoms. The van der Waals surface area contributed by atoms with Gasteiger partial charge in [0, 0.05) is 18.1 Å². The molecule has 0 bridgehead atoms. The van der Waals surface area contributed by atoms with Crippen molar-refractivity contribution in [2.75, 3.05) is 17.4 Å².